The summed E-state index contributed by atoms with van der Waals surface area (Å²) in [5, 5.41) is 2.84. The topological polar surface area (TPSA) is 55.1 Å². The zero-order valence-corrected chi connectivity index (χ0v) is 9.87. The van der Waals surface area contributed by atoms with Gasteiger partial charge in [-0.3, -0.25) is 4.79 Å². The van der Waals surface area contributed by atoms with Crippen molar-refractivity contribution in [2.45, 2.75) is 32.2 Å². The molecule has 1 aromatic rings. The van der Waals surface area contributed by atoms with Crippen LogP contribution in [0.5, 0.6) is 0 Å². The zero-order valence-electron chi connectivity index (χ0n) is 9.87. The molecule has 0 heterocycles. The third-order valence-corrected chi connectivity index (χ3v) is 3.29. The molecule has 0 bridgehead atoms. The fraction of sp³-hybridized carbons (Fsp3) is 0.462. The molecule has 92 valence electrons. The van der Waals surface area contributed by atoms with Crippen LogP contribution in [0.2, 0.25) is 0 Å². The number of hydrogen-bond acceptors (Lipinski definition) is 2. The smallest absolute Gasteiger partial charge is 0.227 e. The normalized spacial score (nSPS) is 23.7. The van der Waals surface area contributed by atoms with Gasteiger partial charge >= 0.3 is 0 Å². The summed E-state index contributed by atoms with van der Waals surface area (Å²) in [5.74, 6) is -0.300. The molecule has 1 fully saturated rings. The Kier molecular flexibility index (Phi) is 3.43. The van der Waals surface area contributed by atoms with Gasteiger partial charge in [0.25, 0.3) is 0 Å². The van der Waals surface area contributed by atoms with E-state index >= 15 is 0 Å². The molecule has 1 aromatic carbocycles. The number of benzene rings is 1. The van der Waals surface area contributed by atoms with Crippen LogP contribution < -0.4 is 11.1 Å². The highest BCUT2D eigenvalue weighted by Crippen LogP contribution is 2.26. The van der Waals surface area contributed by atoms with Gasteiger partial charge in [0.05, 0.1) is 0 Å². The third kappa shape index (κ3) is 2.82. The maximum absolute atomic E-state index is 12.9. The lowest BCUT2D eigenvalue weighted by Gasteiger charge is -2.12. The molecular formula is C13H17FN2O. The van der Waals surface area contributed by atoms with E-state index in [1.54, 1.807) is 13.0 Å². The van der Waals surface area contributed by atoms with Gasteiger partial charge in [0.15, 0.2) is 0 Å². The van der Waals surface area contributed by atoms with E-state index in [9.17, 15) is 9.18 Å². The van der Waals surface area contributed by atoms with Crippen LogP contribution in [0, 0.1) is 18.7 Å². The Bertz CT molecular complexity index is 433. The van der Waals surface area contributed by atoms with Gasteiger partial charge < -0.3 is 11.1 Å². The third-order valence-electron chi connectivity index (χ3n) is 3.29. The van der Waals surface area contributed by atoms with Crippen LogP contribution in [0.1, 0.15) is 24.8 Å². The zero-order chi connectivity index (χ0) is 12.4. The fourth-order valence-corrected chi connectivity index (χ4v) is 2.26. The largest absolute Gasteiger partial charge is 0.328 e. The molecule has 1 aliphatic rings. The quantitative estimate of drug-likeness (QED) is 0.827. The average Bonchev–Trinajstić information content (AvgIpc) is 2.69. The van der Waals surface area contributed by atoms with Gasteiger partial charge in [-0.05, 0) is 49.9 Å². The number of anilines is 1. The molecule has 17 heavy (non-hydrogen) atoms. The maximum Gasteiger partial charge on any atom is 0.227 e. The standard InChI is InChI=1S/C13H17FN2O/c1-8-6-10(14)3-5-12(8)16-13(17)9-2-4-11(15)7-9/h3,5-6,9,11H,2,4,7,15H2,1H3,(H,16,17). The van der Waals surface area contributed by atoms with E-state index in [0.717, 1.165) is 24.8 Å². The Balaban J connectivity index is 2.03. The second-order valence-electron chi connectivity index (χ2n) is 4.72. The minimum Gasteiger partial charge on any atom is -0.328 e. The first kappa shape index (κ1) is 12.0. The molecule has 2 unspecified atom stereocenters. The van der Waals surface area contributed by atoms with E-state index in [1.165, 1.54) is 12.1 Å². The number of aryl methyl sites for hydroxylation is 1. The second-order valence-corrected chi connectivity index (χ2v) is 4.72. The maximum atomic E-state index is 12.9. The van der Waals surface area contributed by atoms with Crippen molar-refractivity contribution in [3.8, 4) is 0 Å². The molecule has 2 atom stereocenters. The summed E-state index contributed by atoms with van der Waals surface area (Å²) < 4.78 is 12.9. The van der Waals surface area contributed by atoms with Crippen molar-refractivity contribution < 1.29 is 9.18 Å². The second kappa shape index (κ2) is 4.84. The Morgan fingerprint density at radius 1 is 1.47 bits per heavy atom. The van der Waals surface area contributed by atoms with Crippen LogP contribution in [0.3, 0.4) is 0 Å². The number of halogens is 1. The summed E-state index contributed by atoms with van der Waals surface area (Å²) >= 11 is 0. The number of hydrogen-bond donors (Lipinski definition) is 2. The van der Waals surface area contributed by atoms with Gasteiger partial charge in [0, 0.05) is 17.6 Å². The minimum absolute atomic E-state index is 0.00514. The monoisotopic (exact) mass is 236 g/mol. The van der Waals surface area contributed by atoms with Gasteiger partial charge in [-0.15, -0.1) is 0 Å². The van der Waals surface area contributed by atoms with Crippen LogP contribution in [0.4, 0.5) is 10.1 Å². The Labute approximate surface area is 100 Å². The lowest BCUT2D eigenvalue weighted by molar-refractivity contribution is -0.119. The van der Waals surface area contributed by atoms with Crippen molar-refractivity contribution in [2.24, 2.45) is 11.7 Å². The van der Waals surface area contributed by atoms with E-state index in [2.05, 4.69) is 5.32 Å². The summed E-state index contributed by atoms with van der Waals surface area (Å²) in [6, 6.07) is 4.50. The molecule has 0 spiro atoms. The Morgan fingerprint density at radius 2 is 2.24 bits per heavy atom. The predicted molar refractivity (Wildman–Crippen MR) is 65.1 cm³/mol. The molecule has 0 radical (unpaired) electrons. The van der Waals surface area contributed by atoms with Crippen molar-refractivity contribution >= 4 is 11.6 Å². The SMILES string of the molecule is Cc1cc(F)ccc1NC(=O)C1CCC(N)C1. The van der Waals surface area contributed by atoms with Crippen LogP contribution >= 0.6 is 0 Å². The Morgan fingerprint density at radius 3 is 2.82 bits per heavy atom. The first-order chi connectivity index (χ1) is 8.06. The summed E-state index contributed by atoms with van der Waals surface area (Å²) in [5.41, 5.74) is 7.19. The molecule has 3 nitrogen and oxygen atoms in total. The summed E-state index contributed by atoms with van der Waals surface area (Å²) in [6.07, 6.45) is 2.49. The number of nitrogens with one attached hydrogen (secondary N) is 1. The number of rotatable bonds is 2. The molecule has 0 saturated heterocycles. The van der Waals surface area contributed by atoms with E-state index < -0.39 is 0 Å². The van der Waals surface area contributed by atoms with Gasteiger partial charge in [0.1, 0.15) is 5.82 Å². The molecule has 3 N–H and O–H groups in total. The highest BCUT2D eigenvalue weighted by molar-refractivity contribution is 5.93. The van der Waals surface area contributed by atoms with Crippen molar-refractivity contribution in [3.05, 3.63) is 29.6 Å². The number of carbonyl (C=O) groups excluding carboxylic acids is 1. The van der Waals surface area contributed by atoms with E-state index in [-0.39, 0.29) is 23.7 Å². The summed E-state index contributed by atoms with van der Waals surface area (Å²) in [7, 11) is 0. The lowest BCUT2D eigenvalue weighted by atomic mass is 10.1. The lowest BCUT2D eigenvalue weighted by Crippen LogP contribution is -2.23. The fourth-order valence-electron chi connectivity index (χ4n) is 2.26. The van der Waals surface area contributed by atoms with Gasteiger partial charge in [-0.1, -0.05) is 0 Å². The number of amides is 1. The highest BCUT2D eigenvalue weighted by atomic mass is 19.1. The molecule has 0 aromatic heterocycles. The molecule has 4 heteroatoms. The minimum atomic E-state index is -0.289. The van der Waals surface area contributed by atoms with E-state index in [4.69, 9.17) is 5.73 Å². The Hall–Kier alpha value is -1.42. The average molecular weight is 236 g/mol. The van der Waals surface area contributed by atoms with Crippen molar-refractivity contribution in [2.75, 3.05) is 5.32 Å². The predicted octanol–water partition coefficient (Wildman–Crippen LogP) is 2.20. The first-order valence-electron chi connectivity index (χ1n) is 5.89. The number of carbonyl (C=O) groups is 1. The molecule has 1 amide bonds. The van der Waals surface area contributed by atoms with Crippen molar-refractivity contribution in [1.82, 2.24) is 0 Å². The summed E-state index contributed by atoms with van der Waals surface area (Å²) in [6.45, 7) is 1.78. The first-order valence-corrected chi connectivity index (χ1v) is 5.89. The summed E-state index contributed by atoms with van der Waals surface area (Å²) in [4.78, 5) is 11.9. The highest BCUT2D eigenvalue weighted by Gasteiger charge is 2.27. The van der Waals surface area contributed by atoms with Crippen LogP contribution in [0.15, 0.2) is 18.2 Å². The van der Waals surface area contributed by atoms with E-state index in [0.29, 0.717) is 5.69 Å². The van der Waals surface area contributed by atoms with Crippen LogP contribution in [-0.4, -0.2) is 11.9 Å². The van der Waals surface area contributed by atoms with Crippen LogP contribution in [0.25, 0.3) is 0 Å². The molecule has 1 aliphatic carbocycles. The van der Waals surface area contributed by atoms with Gasteiger partial charge in [0.2, 0.25) is 5.91 Å². The van der Waals surface area contributed by atoms with Crippen molar-refractivity contribution in [1.29, 1.82) is 0 Å². The molecule has 1 saturated carbocycles. The molecular weight excluding hydrogens is 219 g/mol. The number of nitrogens with two attached hydrogens (primary N) is 1. The van der Waals surface area contributed by atoms with Gasteiger partial charge in [-0.25, -0.2) is 4.39 Å². The molecule has 0 aliphatic heterocycles. The van der Waals surface area contributed by atoms with Crippen molar-refractivity contribution in [3.63, 3.8) is 0 Å². The van der Waals surface area contributed by atoms with Gasteiger partial charge in [-0.2, -0.15) is 0 Å². The molecule has 2 rings (SSSR count). The van der Waals surface area contributed by atoms with E-state index in [1.807, 2.05) is 0 Å². The van der Waals surface area contributed by atoms with Crippen LogP contribution in [-0.2, 0) is 4.79 Å².